The number of likely N-dealkylation sites (tertiary alicyclic amines) is 1. The van der Waals surface area contributed by atoms with Gasteiger partial charge in [0.05, 0.1) is 6.04 Å². The first-order valence-corrected chi connectivity index (χ1v) is 5.52. The van der Waals surface area contributed by atoms with E-state index in [4.69, 9.17) is 0 Å². The second-order valence-corrected chi connectivity index (χ2v) is 4.01. The van der Waals surface area contributed by atoms with Gasteiger partial charge in [0.2, 0.25) is 5.91 Å². The van der Waals surface area contributed by atoms with Crippen LogP contribution in [-0.2, 0) is 11.2 Å². The molecule has 1 saturated heterocycles. The molecule has 1 aliphatic heterocycles. The van der Waals surface area contributed by atoms with Crippen molar-refractivity contribution >= 4 is 11.7 Å². The Balaban J connectivity index is 1.89. The number of hydrogen-bond donors (Lipinski definition) is 1. The molecule has 0 spiro atoms. The van der Waals surface area contributed by atoms with Crippen molar-refractivity contribution < 1.29 is 4.79 Å². The van der Waals surface area contributed by atoms with Crippen molar-refractivity contribution in [1.29, 1.82) is 0 Å². The van der Waals surface area contributed by atoms with Gasteiger partial charge in [-0.15, -0.1) is 0 Å². The van der Waals surface area contributed by atoms with Crippen LogP contribution < -0.4 is 5.32 Å². The van der Waals surface area contributed by atoms with Crippen molar-refractivity contribution in [1.82, 2.24) is 14.9 Å². The summed E-state index contributed by atoms with van der Waals surface area (Å²) in [6.07, 6.45) is 2.48. The predicted octanol–water partition coefficient (Wildman–Crippen LogP) is 0.682. The summed E-state index contributed by atoms with van der Waals surface area (Å²) in [5, 5.41) is 3.29. The van der Waals surface area contributed by atoms with Gasteiger partial charge in [0.1, 0.15) is 12.1 Å². The van der Waals surface area contributed by atoms with Gasteiger partial charge >= 0.3 is 0 Å². The number of aryl methyl sites for hydroxylation is 1. The minimum Gasteiger partial charge on any atom is -0.364 e. The molecule has 1 N–H and O–H groups in total. The smallest absolute Gasteiger partial charge is 0.219 e. The van der Waals surface area contributed by atoms with E-state index in [1.807, 2.05) is 6.07 Å². The Morgan fingerprint density at radius 1 is 1.56 bits per heavy atom. The average Bonchev–Trinajstić information content (AvgIpc) is 2.22. The van der Waals surface area contributed by atoms with Crippen molar-refractivity contribution in [2.75, 3.05) is 18.4 Å². The van der Waals surface area contributed by atoms with Crippen LogP contribution >= 0.6 is 0 Å². The van der Waals surface area contributed by atoms with E-state index in [2.05, 4.69) is 22.2 Å². The molecule has 5 heteroatoms. The van der Waals surface area contributed by atoms with Crippen LogP contribution in [0, 0.1) is 0 Å². The zero-order chi connectivity index (χ0) is 11.5. The van der Waals surface area contributed by atoms with E-state index < -0.39 is 0 Å². The third-order valence-corrected chi connectivity index (χ3v) is 2.76. The van der Waals surface area contributed by atoms with Gasteiger partial charge in [-0.3, -0.25) is 4.79 Å². The summed E-state index contributed by atoms with van der Waals surface area (Å²) in [6, 6.07) is 2.28. The van der Waals surface area contributed by atoms with Crippen molar-refractivity contribution in [2.24, 2.45) is 0 Å². The highest BCUT2D eigenvalue weighted by Gasteiger charge is 2.28. The molecular weight excluding hydrogens is 204 g/mol. The molecular formula is C11H16N4O. The highest BCUT2D eigenvalue weighted by molar-refractivity contribution is 5.74. The number of carbonyl (C=O) groups is 1. The average molecular weight is 220 g/mol. The topological polar surface area (TPSA) is 58.1 Å². The summed E-state index contributed by atoms with van der Waals surface area (Å²) in [7, 11) is 0. The van der Waals surface area contributed by atoms with Gasteiger partial charge in [0, 0.05) is 31.8 Å². The number of rotatable bonds is 3. The third-order valence-electron chi connectivity index (χ3n) is 2.76. The predicted molar refractivity (Wildman–Crippen MR) is 61.1 cm³/mol. The summed E-state index contributed by atoms with van der Waals surface area (Å²) in [6.45, 7) is 5.19. The Labute approximate surface area is 94.9 Å². The van der Waals surface area contributed by atoms with Crippen LogP contribution in [0.25, 0.3) is 0 Å². The van der Waals surface area contributed by atoms with Gasteiger partial charge in [-0.25, -0.2) is 9.97 Å². The lowest BCUT2D eigenvalue weighted by atomic mass is 10.1. The molecule has 1 aliphatic rings. The van der Waals surface area contributed by atoms with Gasteiger partial charge in [-0.05, 0) is 6.42 Å². The fourth-order valence-corrected chi connectivity index (χ4v) is 1.71. The van der Waals surface area contributed by atoms with Crippen LogP contribution in [0.2, 0.25) is 0 Å². The molecule has 0 bridgehead atoms. The molecule has 5 nitrogen and oxygen atoms in total. The highest BCUT2D eigenvalue weighted by atomic mass is 16.2. The van der Waals surface area contributed by atoms with E-state index in [-0.39, 0.29) is 5.91 Å². The lowest BCUT2D eigenvalue weighted by Gasteiger charge is -2.39. The first-order chi connectivity index (χ1) is 7.69. The van der Waals surface area contributed by atoms with E-state index in [1.165, 1.54) is 0 Å². The fourth-order valence-electron chi connectivity index (χ4n) is 1.71. The molecule has 2 heterocycles. The largest absolute Gasteiger partial charge is 0.364 e. The molecule has 86 valence electrons. The molecule has 0 atom stereocenters. The molecule has 0 unspecified atom stereocenters. The van der Waals surface area contributed by atoms with Gasteiger partial charge in [-0.2, -0.15) is 0 Å². The zero-order valence-electron chi connectivity index (χ0n) is 9.60. The Hall–Kier alpha value is -1.65. The van der Waals surface area contributed by atoms with E-state index >= 15 is 0 Å². The maximum Gasteiger partial charge on any atom is 0.219 e. The lowest BCUT2D eigenvalue weighted by molar-refractivity contribution is -0.132. The molecule has 0 radical (unpaired) electrons. The number of carbonyl (C=O) groups excluding carboxylic acids is 1. The number of nitrogens with zero attached hydrogens (tertiary/aromatic N) is 3. The quantitative estimate of drug-likeness (QED) is 0.814. The number of anilines is 1. The summed E-state index contributed by atoms with van der Waals surface area (Å²) in [5.74, 6) is 0.982. The van der Waals surface area contributed by atoms with E-state index in [1.54, 1.807) is 18.2 Å². The maximum absolute atomic E-state index is 11.0. The molecule has 1 fully saturated rings. The highest BCUT2D eigenvalue weighted by Crippen LogP contribution is 2.13. The second kappa shape index (κ2) is 4.47. The zero-order valence-corrected chi connectivity index (χ0v) is 9.60. The summed E-state index contributed by atoms with van der Waals surface area (Å²) < 4.78 is 0. The number of hydrogen-bond acceptors (Lipinski definition) is 4. The van der Waals surface area contributed by atoms with Crippen LogP contribution in [0.15, 0.2) is 12.4 Å². The lowest BCUT2D eigenvalue weighted by Crippen LogP contribution is -2.56. The van der Waals surface area contributed by atoms with Crippen LogP contribution in [0.5, 0.6) is 0 Å². The van der Waals surface area contributed by atoms with Crippen LogP contribution in [0.1, 0.15) is 19.5 Å². The molecule has 16 heavy (non-hydrogen) atoms. The number of amides is 1. The van der Waals surface area contributed by atoms with E-state index in [9.17, 15) is 4.79 Å². The standard InChI is InChI=1S/C11H16N4O/c1-3-9-4-11(13-7-12-9)14-10-5-15(6-10)8(2)16/h4,7,10H,3,5-6H2,1-2H3,(H,12,13,14). The van der Waals surface area contributed by atoms with Gasteiger partial charge in [-0.1, -0.05) is 6.92 Å². The van der Waals surface area contributed by atoms with Crippen molar-refractivity contribution in [3.63, 3.8) is 0 Å². The van der Waals surface area contributed by atoms with Gasteiger partial charge in [0.25, 0.3) is 0 Å². The molecule has 1 aromatic rings. The molecule has 0 aliphatic carbocycles. The molecule has 1 amide bonds. The third kappa shape index (κ3) is 2.29. The minimum absolute atomic E-state index is 0.134. The normalized spacial score (nSPS) is 15.8. The van der Waals surface area contributed by atoms with Crippen molar-refractivity contribution in [3.8, 4) is 0 Å². The Morgan fingerprint density at radius 3 is 2.94 bits per heavy atom. The molecule has 0 saturated carbocycles. The Morgan fingerprint density at radius 2 is 2.31 bits per heavy atom. The SMILES string of the molecule is CCc1cc(NC2CN(C(C)=O)C2)ncn1. The summed E-state index contributed by atoms with van der Waals surface area (Å²) >= 11 is 0. The second-order valence-electron chi connectivity index (χ2n) is 4.01. The fraction of sp³-hybridized carbons (Fsp3) is 0.545. The van der Waals surface area contributed by atoms with Crippen LogP contribution in [0.3, 0.4) is 0 Å². The monoisotopic (exact) mass is 220 g/mol. The van der Waals surface area contributed by atoms with Gasteiger partial charge < -0.3 is 10.2 Å². The van der Waals surface area contributed by atoms with E-state index in [0.29, 0.717) is 6.04 Å². The maximum atomic E-state index is 11.0. The summed E-state index contributed by atoms with van der Waals surface area (Å²) in [5.41, 5.74) is 1.03. The molecule has 2 rings (SSSR count). The van der Waals surface area contributed by atoms with Gasteiger partial charge in [0.15, 0.2) is 0 Å². The first-order valence-electron chi connectivity index (χ1n) is 5.52. The summed E-state index contributed by atoms with van der Waals surface area (Å²) in [4.78, 5) is 21.1. The van der Waals surface area contributed by atoms with Crippen LogP contribution in [0.4, 0.5) is 5.82 Å². The molecule has 1 aromatic heterocycles. The molecule has 0 aromatic carbocycles. The van der Waals surface area contributed by atoms with Crippen molar-refractivity contribution in [3.05, 3.63) is 18.1 Å². The minimum atomic E-state index is 0.134. The Bertz CT molecular complexity index is 387. The Kier molecular flexibility index (Phi) is 3.03. The first kappa shape index (κ1) is 10.9. The van der Waals surface area contributed by atoms with Crippen LogP contribution in [-0.4, -0.2) is 39.9 Å². The number of aromatic nitrogens is 2. The number of nitrogens with one attached hydrogen (secondary N) is 1. The van der Waals surface area contributed by atoms with E-state index in [0.717, 1.165) is 31.0 Å². The van der Waals surface area contributed by atoms with Crippen molar-refractivity contribution in [2.45, 2.75) is 26.3 Å².